The lowest BCUT2D eigenvalue weighted by Gasteiger charge is -2.21. The maximum atomic E-state index is 11.6. The normalized spacial score (nSPS) is 14.7. The molecule has 1 aromatic carbocycles. The van der Waals surface area contributed by atoms with Crippen LogP contribution in [0.4, 0.5) is 0 Å². The third kappa shape index (κ3) is 4.06. The molecule has 0 bridgehead atoms. The Hall–Kier alpha value is -1.35. The molecule has 0 N–H and O–H groups in total. The van der Waals surface area contributed by atoms with Gasteiger partial charge >= 0.3 is 5.97 Å². The van der Waals surface area contributed by atoms with E-state index in [-0.39, 0.29) is 5.97 Å². The Morgan fingerprint density at radius 2 is 2.05 bits per heavy atom. The topological polar surface area (TPSA) is 29.5 Å². The molecule has 3 nitrogen and oxygen atoms in total. The van der Waals surface area contributed by atoms with Crippen LogP contribution < -0.4 is 0 Å². The zero-order valence-electron chi connectivity index (χ0n) is 12.1. The van der Waals surface area contributed by atoms with E-state index in [1.54, 1.807) is 0 Å². The summed E-state index contributed by atoms with van der Waals surface area (Å²) in [6, 6.07) is 7.09. The molecule has 2 rings (SSSR count). The van der Waals surface area contributed by atoms with Gasteiger partial charge in [0, 0.05) is 12.6 Å². The van der Waals surface area contributed by atoms with E-state index < -0.39 is 0 Å². The van der Waals surface area contributed by atoms with Gasteiger partial charge in [-0.25, -0.2) is 0 Å². The fraction of sp³-hybridized carbons (Fsp3) is 0.562. The zero-order chi connectivity index (χ0) is 13.8. The van der Waals surface area contributed by atoms with Crippen molar-refractivity contribution < 1.29 is 9.53 Å². The van der Waals surface area contributed by atoms with Crippen LogP contribution in [0.25, 0.3) is 0 Å². The van der Waals surface area contributed by atoms with Gasteiger partial charge < -0.3 is 4.74 Å². The lowest BCUT2D eigenvalue weighted by atomic mass is 10.1. The van der Waals surface area contributed by atoms with E-state index in [4.69, 9.17) is 4.74 Å². The predicted octanol–water partition coefficient (Wildman–Crippen LogP) is 2.83. The van der Waals surface area contributed by atoms with Crippen LogP contribution in [0.1, 0.15) is 36.5 Å². The van der Waals surface area contributed by atoms with E-state index >= 15 is 0 Å². The Balaban J connectivity index is 1.99. The highest BCUT2D eigenvalue weighted by molar-refractivity contribution is 5.71. The Morgan fingerprint density at radius 1 is 1.32 bits per heavy atom. The first-order valence-electron chi connectivity index (χ1n) is 7.06. The molecule has 1 saturated carbocycles. The molecule has 1 aromatic rings. The van der Waals surface area contributed by atoms with Crippen molar-refractivity contribution in [3.05, 3.63) is 34.9 Å². The molecule has 1 aliphatic carbocycles. The number of rotatable bonds is 6. The predicted molar refractivity (Wildman–Crippen MR) is 76.0 cm³/mol. The van der Waals surface area contributed by atoms with E-state index in [0.29, 0.717) is 19.2 Å². The van der Waals surface area contributed by atoms with Crippen molar-refractivity contribution in [2.24, 2.45) is 0 Å². The molecule has 3 heteroatoms. The quantitative estimate of drug-likeness (QED) is 0.737. The summed E-state index contributed by atoms with van der Waals surface area (Å²) in [7, 11) is 0. The van der Waals surface area contributed by atoms with Crippen molar-refractivity contribution in [2.45, 2.75) is 46.2 Å². The minimum atomic E-state index is -0.113. The van der Waals surface area contributed by atoms with Crippen LogP contribution in [0.15, 0.2) is 18.2 Å². The Morgan fingerprint density at radius 3 is 2.63 bits per heavy atom. The number of ether oxygens (including phenoxy) is 1. The van der Waals surface area contributed by atoms with E-state index in [0.717, 1.165) is 6.54 Å². The first-order chi connectivity index (χ1) is 9.10. The molecular formula is C16H23NO2. The largest absolute Gasteiger partial charge is 0.465 e. The average molecular weight is 261 g/mol. The summed E-state index contributed by atoms with van der Waals surface area (Å²) < 4.78 is 5.05. The SMILES string of the molecule is CCOC(=O)CN(Cc1ccc(C)c(C)c1)C1CC1. The maximum Gasteiger partial charge on any atom is 0.320 e. The number of aryl methyl sites for hydroxylation is 2. The van der Waals surface area contributed by atoms with Gasteiger partial charge in [-0.2, -0.15) is 0 Å². The molecule has 1 aliphatic rings. The van der Waals surface area contributed by atoms with Gasteiger partial charge in [0.2, 0.25) is 0 Å². The molecule has 0 aliphatic heterocycles. The molecule has 0 spiro atoms. The van der Waals surface area contributed by atoms with Gasteiger partial charge in [-0.05, 0) is 50.3 Å². The molecule has 1 fully saturated rings. The van der Waals surface area contributed by atoms with Crippen molar-refractivity contribution in [3.8, 4) is 0 Å². The third-order valence-corrected chi connectivity index (χ3v) is 3.66. The van der Waals surface area contributed by atoms with E-state index in [1.165, 1.54) is 29.5 Å². The number of carbonyl (C=O) groups is 1. The Bertz CT molecular complexity index is 452. The average Bonchev–Trinajstić information content (AvgIpc) is 3.17. The Labute approximate surface area is 115 Å². The van der Waals surface area contributed by atoms with Crippen molar-refractivity contribution in [3.63, 3.8) is 0 Å². The van der Waals surface area contributed by atoms with Gasteiger partial charge in [0.1, 0.15) is 0 Å². The second-order valence-electron chi connectivity index (χ2n) is 5.36. The summed E-state index contributed by atoms with van der Waals surface area (Å²) in [5.74, 6) is -0.113. The van der Waals surface area contributed by atoms with Crippen LogP contribution in [-0.2, 0) is 16.1 Å². The number of nitrogens with zero attached hydrogens (tertiary/aromatic N) is 1. The summed E-state index contributed by atoms with van der Waals surface area (Å²) in [6.45, 7) is 7.81. The van der Waals surface area contributed by atoms with Crippen LogP contribution in [0.2, 0.25) is 0 Å². The first kappa shape index (κ1) is 14.1. The second kappa shape index (κ2) is 6.20. The van der Waals surface area contributed by atoms with Crippen LogP contribution in [0, 0.1) is 13.8 Å². The summed E-state index contributed by atoms with van der Waals surface area (Å²) in [5, 5.41) is 0. The van der Waals surface area contributed by atoms with Crippen molar-refractivity contribution in [1.82, 2.24) is 4.90 Å². The summed E-state index contributed by atoms with van der Waals surface area (Å²) in [6.07, 6.45) is 2.40. The van der Waals surface area contributed by atoms with E-state index in [9.17, 15) is 4.79 Å². The monoisotopic (exact) mass is 261 g/mol. The lowest BCUT2D eigenvalue weighted by molar-refractivity contribution is -0.144. The summed E-state index contributed by atoms with van der Waals surface area (Å²) >= 11 is 0. The molecule has 0 amide bonds. The highest BCUT2D eigenvalue weighted by Gasteiger charge is 2.30. The third-order valence-electron chi connectivity index (χ3n) is 3.66. The molecule has 0 saturated heterocycles. The van der Waals surface area contributed by atoms with E-state index in [2.05, 4.69) is 36.9 Å². The van der Waals surface area contributed by atoms with Crippen LogP contribution in [-0.4, -0.2) is 30.1 Å². The number of hydrogen-bond acceptors (Lipinski definition) is 3. The van der Waals surface area contributed by atoms with E-state index in [1.807, 2.05) is 6.92 Å². The number of hydrogen-bond donors (Lipinski definition) is 0. The van der Waals surface area contributed by atoms with Gasteiger partial charge in [-0.1, -0.05) is 18.2 Å². The highest BCUT2D eigenvalue weighted by Crippen LogP contribution is 2.28. The van der Waals surface area contributed by atoms with Crippen LogP contribution >= 0.6 is 0 Å². The maximum absolute atomic E-state index is 11.6. The summed E-state index contributed by atoms with van der Waals surface area (Å²) in [5.41, 5.74) is 3.90. The molecule has 0 unspecified atom stereocenters. The molecule has 0 aromatic heterocycles. The molecular weight excluding hydrogens is 238 g/mol. The van der Waals surface area contributed by atoms with Gasteiger partial charge in [0.05, 0.1) is 13.2 Å². The number of benzene rings is 1. The standard InChI is InChI=1S/C16H23NO2/c1-4-19-16(18)11-17(15-7-8-15)10-14-6-5-12(2)13(3)9-14/h5-6,9,15H,4,7-8,10-11H2,1-3H3. The fourth-order valence-electron chi connectivity index (χ4n) is 2.26. The molecule has 104 valence electrons. The second-order valence-corrected chi connectivity index (χ2v) is 5.36. The smallest absolute Gasteiger partial charge is 0.320 e. The molecule has 0 heterocycles. The summed E-state index contributed by atoms with van der Waals surface area (Å²) in [4.78, 5) is 13.9. The van der Waals surface area contributed by atoms with Gasteiger partial charge in [-0.3, -0.25) is 9.69 Å². The zero-order valence-corrected chi connectivity index (χ0v) is 12.1. The van der Waals surface area contributed by atoms with Crippen molar-refractivity contribution in [2.75, 3.05) is 13.2 Å². The van der Waals surface area contributed by atoms with Gasteiger partial charge in [0.15, 0.2) is 0 Å². The molecule has 19 heavy (non-hydrogen) atoms. The number of carbonyl (C=O) groups excluding carboxylic acids is 1. The molecule has 0 radical (unpaired) electrons. The highest BCUT2D eigenvalue weighted by atomic mass is 16.5. The number of esters is 1. The van der Waals surface area contributed by atoms with Gasteiger partial charge in [0.25, 0.3) is 0 Å². The van der Waals surface area contributed by atoms with Crippen LogP contribution in [0.5, 0.6) is 0 Å². The fourth-order valence-corrected chi connectivity index (χ4v) is 2.26. The Kier molecular flexibility index (Phi) is 4.59. The first-order valence-corrected chi connectivity index (χ1v) is 7.06. The minimum absolute atomic E-state index is 0.113. The lowest BCUT2D eigenvalue weighted by Crippen LogP contribution is -2.32. The minimum Gasteiger partial charge on any atom is -0.465 e. The van der Waals surface area contributed by atoms with Crippen LogP contribution in [0.3, 0.4) is 0 Å². The van der Waals surface area contributed by atoms with Gasteiger partial charge in [-0.15, -0.1) is 0 Å². The van der Waals surface area contributed by atoms with Crippen molar-refractivity contribution >= 4 is 5.97 Å². The van der Waals surface area contributed by atoms with Crippen molar-refractivity contribution in [1.29, 1.82) is 0 Å². The molecule has 0 atom stereocenters.